The van der Waals surface area contributed by atoms with Crippen LogP contribution in [0, 0.1) is 13.8 Å². The fourth-order valence-electron chi connectivity index (χ4n) is 2.93. The molecule has 6 nitrogen and oxygen atoms in total. The molecule has 1 heterocycles. The minimum absolute atomic E-state index is 0.0186. The summed E-state index contributed by atoms with van der Waals surface area (Å²) in [5.41, 5.74) is 3.73. The lowest BCUT2D eigenvalue weighted by atomic mass is 10.1. The van der Waals surface area contributed by atoms with Crippen LogP contribution in [0.15, 0.2) is 46.3 Å². The summed E-state index contributed by atoms with van der Waals surface area (Å²) in [5.74, 6) is -0.387. The minimum atomic E-state index is -3.30. The summed E-state index contributed by atoms with van der Waals surface area (Å²) in [6.07, 6.45) is 0. The van der Waals surface area contributed by atoms with Gasteiger partial charge >= 0.3 is 0 Å². The van der Waals surface area contributed by atoms with Gasteiger partial charge in [0.25, 0.3) is 5.91 Å². The number of aromatic nitrogens is 1. The first-order chi connectivity index (χ1) is 13.8. The molecule has 0 radical (unpaired) electrons. The molecule has 0 unspecified atom stereocenters. The molecule has 0 aliphatic carbocycles. The highest BCUT2D eigenvalue weighted by molar-refractivity contribution is 7.91. The molecule has 0 aliphatic rings. The van der Waals surface area contributed by atoms with Crippen LogP contribution in [-0.4, -0.2) is 38.4 Å². The van der Waals surface area contributed by atoms with Gasteiger partial charge in [-0.15, -0.1) is 0 Å². The van der Waals surface area contributed by atoms with Crippen molar-refractivity contribution in [3.8, 4) is 0 Å². The van der Waals surface area contributed by atoms with Crippen molar-refractivity contribution in [3.05, 3.63) is 57.9 Å². The zero-order valence-corrected chi connectivity index (χ0v) is 18.6. The van der Waals surface area contributed by atoms with E-state index in [0.29, 0.717) is 23.5 Å². The Morgan fingerprint density at radius 3 is 2.41 bits per heavy atom. The predicted molar refractivity (Wildman–Crippen MR) is 115 cm³/mol. The normalized spacial score (nSPS) is 12.6. The van der Waals surface area contributed by atoms with Gasteiger partial charge in [0.2, 0.25) is 0 Å². The summed E-state index contributed by atoms with van der Waals surface area (Å²) in [7, 11) is -1.66. The molecule has 3 rings (SSSR count). The van der Waals surface area contributed by atoms with Crippen LogP contribution in [0.5, 0.6) is 0 Å². The number of carbonyl (C=O) groups is 1. The second-order valence-corrected chi connectivity index (χ2v) is 10.1. The van der Waals surface area contributed by atoms with Crippen molar-refractivity contribution in [2.45, 2.75) is 32.2 Å². The average Bonchev–Trinajstić information content (AvgIpc) is 3.02. The van der Waals surface area contributed by atoms with Gasteiger partial charge in [-0.25, -0.2) is 8.42 Å². The lowest BCUT2D eigenvalue weighted by Crippen LogP contribution is -2.19. The second-order valence-electron chi connectivity index (χ2n) is 6.78. The summed E-state index contributed by atoms with van der Waals surface area (Å²) >= 11 is 1.46. The van der Waals surface area contributed by atoms with Gasteiger partial charge in [-0.1, -0.05) is 18.3 Å². The molecule has 29 heavy (non-hydrogen) atoms. The Morgan fingerprint density at radius 2 is 1.79 bits per heavy atom. The average molecular weight is 433 g/mol. The maximum Gasteiger partial charge on any atom is 0.279 e. The second kappa shape index (κ2) is 8.61. The standard InChI is InChI=1S/C21H24N2O4S2/c1-5-29(25,26)17-8-6-16(7-9-17)20(24)22-21-23(10-11-27-4)18-12-14(2)15(3)13-19(18)28-21/h6-9,12-13H,5,10-11H2,1-4H3. The lowest BCUT2D eigenvalue weighted by molar-refractivity contribution is 0.0997. The third kappa shape index (κ3) is 4.49. The maximum absolute atomic E-state index is 12.7. The number of carbonyl (C=O) groups excluding carboxylic acids is 1. The number of benzene rings is 2. The number of hydrogen-bond donors (Lipinski definition) is 0. The molecule has 0 spiro atoms. The van der Waals surface area contributed by atoms with E-state index in [-0.39, 0.29) is 10.6 Å². The van der Waals surface area contributed by atoms with Crippen LogP contribution < -0.4 is 4.80 Å². The number of nitrogens with zero attached hydrogens (tertiary/aromatic N) is 2. The number of methoxy groups -OCH3 is 1. The Balaban J connectivity index is 2.05. The largest absolute Gasteiger partial charge is 0.383 e. The molecule has 154 valence electrons. The molecule has 1 amide bonds. The van der Waals surface area contributed by atoms with Crippen molar-refractivity contribution in [1.29, 1.82) is 0 Å². The van der Waals surface area contributed by atoms with Crippen molar-refractivity contribution >= 4 is 37.3 Å². The maximum atomic E-state index is 12.7. The Hall–Kier alpha value is -2.29. The van der Waals surface area contributed by atoms with Crippen molar-refractivity contribution in [2.24, 2.45) is 4.99 Å². The van der Waals surface area contributed by atoms with Crippen molar-refractivity contribution in [1.82, 2.24) is 4.57 Å². The predicted octanol–water partition coefficient (Wildman–Crippen LogP) is 3.50. The van der Waals surface area contributed by atoms with Crippen LogP contribution in [0.3, 0.4) is 0 Å². The SMILES string of the molecule is CCS(=O)(=O)c1ccc(C(=O)N=c2sc3cc(C)c(C)cc3n2CCOC)cc1. The summed E-state index contributed by atoms with van der Waals surface area (Å²) in [6, 6.07) is 10.1. The molecule has 3 aromatic rings. The zero-order valence-electron chi connectivity index (χ0n) is 16.9. The van der Waals surface area contributed by atoms with E-state index >= 15 is 0 Å². The number of rotatable bonds is 6. The number of sulfone groups is 1. The van der Waals surface area contributed by atoms with Gasteiger partial charge < -0.3 is 9.30 Å². The van der Waals surface area contributed by atoms with E-state index < -0.39 is 15.7 Å². The van der Waals surface area contributed by atoms with Gasteiger partial charge in [0, 0.05) is 19.2 Å². The fraction of sp³-hybridized carbons (Fsp3) is 0.333. The highest BCUT2D eigenvalue weighted by Crippen LogP contribution is 2.22. The van der Waals surface area contributed by atoms with E-state index in [1.165, 1.54) is 46.7 Å². The Kier molecular flexibility index (Phi) is 6.36. The quantitative estimate of drug-likeness (QED) is 0.597. The molecule has 1 aromatic heterocycles. The first-order valence-electron chi connectivity index (χ1n) is 9.28. The first-order valence-corrected chi connectivity index (χ1v) is 11.7. The number of aryl methyl sites for hydroxylation is 2. The van der Waals surface area contributed by atoms with Crippen LogP contribution in [0.25, 0.3) is 10.2 Å². The van der Waals surface area contributed by atoms with E-state index in [0.717, 1.165) is 10.2 Å². The molecule has 0 aliphatic heterocycles. The van der Waals surface area contributed by atoms with Gasteiger partial charge in [-0.3, -0.25) is 4.79 Å². The number of fused-ring (bicyclic) bond motifs is 1. The fourth-order valence-corrected chi connectivity index (χ4v) is 4.95. The highest BCUT2D eigenvalue weighted by Gasteiger charge is 2.14. The van der Waals surface area contributed by atoms with Crippen molar-refractivity contribution < 1.29 is 17.9 Å². The topological polar surface area (TPSA) is 77.7 Å². The van der Waals surface area contributed by atoms with Gasteiger partial charge in [0.15, 0.2) is 14.6 Å². The van der Waals surface area contributed by atoms with Crippen LogP contribution in [-0.2, 0) is 21.1 Å². The molecule has 0 saturated heterocycles. The van der Waals surface area contributed by atoms with Gasteiger partial charge in [0.05, 0.1) is 27.5 Å². The zero-order chi connectivity index (χ0) is 21.2. The highest BCUT2D eigenvalue weighted by atomic mass is 32.2. The molecule has 0 atom stereocenters. The molecule has 0 fully saturated rings. The summed E-state index contributed by atoms with van der Waals surface area (Å²) in [4.78, 5) is 17.9. The third-order valence-corrected chi connectivity index (χ3v) is 7.65. The molecule has 0 N–H and O–H groups in total. The van der Waals surface area contributed by atoms with Crippen LogP contribution in [0.2, 0.25) is 0 Å². The van der Waals surface area contributed by atoms with Crippen molar-refractivity contribution in [2.75, 3.05) is 19.5 Å². The number of thiazole rings is 1. The minimum Gasteiger partial charge on any atom is -0.383 e. The van der Waals surface area contributed by atoms with E-state index in [1.54, 1.807) is 14.0 Å². The number of hydrogen-bond acceptors (Lipinski definition) is 5. The monoisotopic (exact) mass is 432 g/mol. The van der Waals surface area contributed by atoms with E-state index in [2.05, 4.69) is 31.0 Å². The van der Waals surface area contributed by atoms with Gasteiger partial charge in [-0.05, 0) is 61.4 Å². The molecule has 0 saturated carbocycles. The van der Waals surface area contributed by atoms with Crippen LogP contribution in [0.1, 0.15) is 28.4 Å². The molecule has 8 heteroatoms. The molecular formula is C21H24N2O4S2. The smallest absolute Gasteiger partial charge is 0.279 e. The van der Waals surface area contributed by atoms with E-state index in [4.69, 9.17) is 4.74 Å². The van der Waals surface area contributed by atoms with Gasteiger partial charge in [-0.2, -0.15) is 4.99 Å². The summed E-state index contributed by atoms with van der Waals surface area (Å²) in [6.45, 7) is 6.79. The van der Waals surface area contributed by atoms with Crippen LogP contribution >= 0.6 is 11.3 Å². The Bertz CT molecular complexity index is 1220. The third-order valence-electron chi connectivity index (χ3n) is 4.85. The van der Waals surface area contributed by atoms with E-state index in [1.807, 2.05) is 4.57 Å². The molecular weight excluding hydrogens is 408 g/mol. The van der Waals surface area contributed by atoms with Crippen LogP contribution in [0.4, 0.5) is 0 Å². The first kappa shape index (κ1) is 21.4. The van der Waals surface area contributed by atoms with E-state index in [9.17, 15) is 13.2 Å². The van der Waals surface area contributed by atoms with Gasteiger partial charge in [0.1, 0.15) is 0 Å². The number of amides is 1. The summed E-state index contributed by atoms with van der Waals surface area (Å²) in [5, 5.41) is 0. The Morgan fingerprint density at radius 1 is 1.14 bits per heavy atom. The molecule has 0 bridgehead atoms. The lowest BCUT2D eigenvalue weighted by Gasteiger charge is -2.06. The van der Waals surface area contributed by atoms with Crippen molar-refractivity contribution in [3.63, 3.8) is 0 Å². The number of ether oxygens (including phenoxy) is 1. The molecule has 2 aromatic carbocycles. The summed E-state index contributed by atoms with van der Waals surface area (Å²) < 4.78 is 32.2. The Labute approximate surface area is 174 Å².